The van der Waals surface area contributed by atoms with Crippen LogP contribution < -0.4 is 20.5 Å². The molecule has 3 fully saturated rings. The van der Waals surface area contributed by atoms with Crippen LogP contribution in [0.15, 0.2) is 24.3 Å². The van der Waals surface area contributed by atoms with Gasteiger partial charge in [-0.2, -0.15) is 9.97 Å². The predicted molar refractivity (Wildman–Crippen MR) is 148 cm³/mol. The summed E-state index contributed by atoms with van der Waals surface area (Å²) in [6.07, 6.45) is 1.91. The number of anilines is 1. The molecule has 0 bridgehead atoms. The normalized spacial score (nSPS) is 26.6. The van der Waals surface area contributed by atoms with E-state index < -0.39 is 23.3 Å². The lowest BCUT2D eigenvalue weighted by atomic mass is 9.95. The standard InChI is InChI=1S/C28H29F3N6O2S/c1-14-20(7-9-33-14)39-25-18-4-3-16(17-5-6-19(30)24-23(17)34-26(32)40-24)21(31)22(18)35-27(36-25)38-13-28-8-2-10-37(28)12-15(29)11-28/h3-6,14-15,20,33H,2,7-13H2,1H3,(H2,32,34). The second-order valence-electron chi connectivity index (χ2n) is 11.0. The lowest BCUT2D eigenvalue weighted by Gasteiger charge is -2.30. The molecule has 4 aromatic rings. The fourth-order valence-electron chi connectivity index (χ4n) is 6.47. The molecule has 12 heteroatoms. The SMILES string of the molecule is CC1NCCC1Oc1nc(OCC23CCCN2CC(F)C3)nc2c(F)c(-c3ccc(F)c4sc(N)nc34)ccc12. The maximum Gasteiger partial charge on any atom is 0.320 e. The van der Waals surface area contributed by atoms with Crippen LogP contribution in [-0.4, -0.2) is 69.9 Å². The molecule has 210 valence electrons. The Hall–Kier alpha value is -3.22. The molecule has 4 atom stereocenters. The van der Waals surface area contributed by atoms with Crippen molar-refractivity contribution in [3.8, 4) is 23.0 Å². The molecule has 4 unspecified atom stereocenters. The number of halogens is 3. The van der Waals surface area contributed by atoms with Gasteiger partial charge in [0, 0.05) is 30.1 Å². The molecule has 0 saturated carbocycles. The van der Waals surface area contributed by atoms with E-state index >= 15 is 4.39 Å². The van der Waals surface area contributed by atoms with Gasteiger partial charge in [-0.3, -0.25) is 4.90 Å². The number of nitrogens with two attached hydrogens (primary N) is 1. The molecule has 3 aliphatic rings. The van der Waals surface area contributed by atoms with Crippen LogP contribution in [0.5, 0.6) is 11.9 Å². The molecular formula is C28H29F3N6O2S. The Morgan fingerprint density at radius 3 is 2.83 bits per heavy atom. The van der Waals surface area contributed by atoms with Crippen molar-refractivity contribution >= 4 is 37.6 Å². The third kappa shape index (κ3) is 4.24. The van der Waals surface area contributed by atoms with Crippen LogP contribution in [0.2, 0.25) is 0 Å². The van der Waals surface area contributed by atoms with Gasteiger partial charge in [0.1, 0.15) is 30.2 Å². The Kier molecular flexibility index (Phi) is 6.24. The first-order valence-electron chi connectivity index (χ1n) is 13.6. The van der Waals surface area contributed by atoms with E-state index in [2.05, 4.69) is 25.2 Å². The van der Waals surface area contributed by atoms with E-state index in [1.807, 2.05) is 6.92 Å². The Balaban J connectivity index is 1.32. The van der Waals surface area contributed by atoms with E-state index in [1.165, 1.54) is 12.1 Å². The number of rotatable bonds is 6. The summed E-state index contributed by atoms with van der Waals surface area (Å²) in [5.41, 5.74) is 6.36. The molecule has 3 aliphatic heterocycles. The highest BCUT2D eigenvalue weighted by Crippen LogP contribution is 2.42. The third-order valence-electron chi connectivity index (χ3n) is 8.50. The van der Waals surface area contributed by atoms with Crippen molar-refractivity contribution in [1.29, 1.82) is 0 Å². The molecule has 8 nitrogen and oxygen atoms in total. The third-order valence-corrected chi connectivity index (χ3v) is 9.39. The number of thiazole rings is 1. The number of hydrogen-bond acceptors (Lipinski definition) is 9. The summed E-state index contributed by atoms with van der Waals surface area (Å²) in [5, 5.41) is 3.94. The molecule has 0 spiro atoms. The zero-order valence-corrected chi connectivity index (χ0v) is 22.7. The smallest absolute Gasteiger partial charge is 0.320 e. The van der Waals surface area contributed by atoms with Crippen LogP contribution in [0.1, 0.15) is 32.6 Å². The van der Waals surface area contributed by atoms with Crippen LogP contribution in [-0.2, 0) is 0 Å². The molecule has 40 heavy (non-hydrogen) atoms. The van der Waals surface area contributed by atoms with E-state index in [0.29, 0.717) is 23.9 Å². The lowest BCUT2D eigenvalue weighted by molar-refractivity contribution is 0.106. The van der Waals surface area contributed by atoms with Crippen molar-refractivity contribution in [1.82, 2.24) is 25.2 Å². The second kappa shape index (κ2) is 9.71. The number of fused-ring (bicyclic) bond motifs is 3. The first-order valence-corrected chi connectivity index (χ1v) is 14.4. The number of nitrogens with one attached hydrogen (secondary N) is 1. The van der Waals surface area contributed by atoms with Crippen LogP contribution >= 0.6 is 11.3 Å². The predicted octanol–water partition coefficient (Wildman–Crippen LogP) is 4.85. The molecule has 7 rings (SSSR count). The van der Waals surface area contributed by atoms with Gasteiger partial charge < -0.3 is 20.5 Å². The van der Waals surface area contributed by atoms with Crippen molar-refractivity contribution in [3.05, 3.63) is 35.9 Å². The maximum atomic E-state index is 16.3. The molecular weight excluding hydrogens is 541 g/mol. The molecule has 0 amide bonds. The lowest BCUT2D eigenvalue weighted by Crippen LogP contribution is -2.43. The zero-order chi connectivity index (χ0) is 27.6. The van der Waals surface area contributed by atoms with E-state index in [-0.39, 0.29) is 57.1 Å². The fourth-order valence-corrected chi connectivity index (χ4v) is 7.24. The average molecular weight is 571 g/mol. The summed E-state index contributed by atoms with van der Waals surface area (Å²) in [7, 11) is 0. The van der Waals surface area contributed by atoms with Gasteiger partial charge in [-0.15, -0.1) is 0 Å². The Morgan fingerprint density at radius 2 is 2.00 bits per heavy atom. The van der Waals surface area contributed by atoms with E-state index in [0.717, 1.165) is 43.7 Å². The Morgan fingerprint density at radius 1 is 1.15 bits per heavy atom. The van der Waals surface area contributed by atoms with E-state index in [9.17, 15) is 8.78 Å². The number of alkyl halides is 1. The number of benzene rings is 2. The number of nitrogens with zero attached hydrogens (tertiary/aromatic N) is 4. The molecule has 3 N–H and O–H groups in total. The first-order chi connectivity index (χ1) is 19.3. The van der Waals surface area contributed by atoms with Crippen LogP contribution in [0.4, 0.5) is 18.3 Å². The summed E-state index contributed by atoms with van der Waals surface area (Å²) in [4.78, 5) is 15.4. The molecule has 2 aromatic heterocycles. The van der Waals surface area contributed by atoms with Gasteiger partial charge in [0.15, 0.2) is 10.9 Å². The minimum absolute atomic E-state index is 0.0207. The molecule has 0 radical (unpaired) electrons. The number of ether oxygens (including phenoxy) is 2. The van der Waals surface area contributed by atoms with Crippen molar-refractivity contribution < 1.29 is 22.6 Å². The largest absolute Gasteiger partial charge is 0.472 e. The van der Waals surface area contributed by atoms with Crippen LogP contribution in [0.3, 0.4) is 0 Å². The van der Waals surface area contributed by atoms with Crippen LogP contribution in [0, 0.1) is 11.6 Å². The van der Waals surface area contributed by atoms with Crippen molar-refractivity contribution in [2.75, 3.05) is 32.0 Å². The number of hydrogen-bond donors (Lipinski definition) is 2. The highest BCUT2D eigenvalue weighted by Gasteiger charge is 2.49. The second-order valence-corrected chi connectivity index (χ2v) is 12.0. The highest BCUT2D eigenvalue weighted by molar-refractivity contribution is 7.22. The van der Waals surface area contributed by atoms with Crippen molar-refractivity contribution in [2.45, 2.75) is 56.5 Å². The van der Waals surface area contributed by atoms with Gasteiger partial charge in [0.05, 0.1) is 21.1 Å². The minimum atomic E-state index is -0.899. The minimum Gasteiger partial charge on any atom is -0.472 e. The maximum absolute atomic E-state index is 16.3. The van der Waals surface area contributed by atoms with Gasteiger partial charge in [-0.25, -0.2) is 18.2 Å². The van der Waals surface area contributed by atoms with Gasteiger partial charge >= 0.3 is 6.01 Å². The number of nitrogen functional groups attached to an aromatic ring is 1. The van der Waals surface area contributed by atoms with Crippen molar-refractivity contribution in [2.24, 2.45) is 0 Å². The van der Waals surface area contributed by atoms with Gasteiger partial charge in [0.25, 0.3) is 0 Å². The number of aromatic nitrogens is 3. The molecule has 3 saturated heterocycles. The quantitative estimate of drug-likeness (QED) is 0.340. The molecule has 5 heterocycles. The fraction of sp³-hybridized carbons (Fsp3) is 0.464. The Bertz CT molecular complexity index is 1620. The summed E-state index contributed by atoms with van der Waals surface area (Å²) >= 11 is 1.01. The average Bonchev–Trinajstić information content (AvgIpc) is 3.68. The van der Waals surface area contributed by atoms with Gasteiger partial charge in [-0.1, -0.05) is 17.4 Å². The first kappa shape index (κ1) is 25.7. The summed E-state index contributed by atoms with van der Waals surface area (Å²) in [6.45, 7) is 4.26. The topological polar surface area (TPSA) is 98.4 Å². The monoisotopic (exact) mass is 570 g/mol. The summed E-state index contributed by atoms with van der Waals surface area (Å²) in [5.74, 6) is -0.870. The Labute approximate surface area is 232 Å². The molecule has 2 aromatic carbocycles. The van der Waals surface area contributed by atoms with E-state index in [4.69, 9.17) is 15.2 Å². The highest BCUT2D eigenvalue weighted by atomic mass is 32.1. The molecule has 0 aliphatic carbocycles. The van der Waals surface area contributed by atoms with E-state index in [1.54, 1.807) is 12.1 Å². The zero-order valence-electron chi connectivity index (χ0n) is 21.9. The van der Waals surface area contributed by atoms with Crippen molar-refractivity contribution in [3.63, 3.8) is 0 Å². The summed E-state index contributed by atoms with van der Waals surface area (Å²) in [6, 6.07) is 6.14. The van der Waals surface area contributed by atoms with Gasteiger partial charge in [0.2, 0.25) is 5.88 Å². The van der Waals surface area contributed by atoms with Gasteiger partial charge in [-0.05, 0) is 57.5 Å². The van der Waals surface area contributed by atoms with Crippen LogP contribution in [0.25, 0.3) is 32.2 Å². The summed E-state index contributed by atoms with van der Waals surface area (Å²) < 4.78 is 57.7.